The fourth-order valence-corrected chi connectivity index (χ4v) is 5.53. The number of benzene rings is 1. The molecule has 7 heteroatoms. The lowest BCUT2D eigenvalue weighted by molar-refractivity contribution is -0.145. The van der Waals surface area contributed by atoms with Crippen molar-refractivity contribution in [1.29, 1.82) is 0 Å². The molecule has 0 unspecified atom stereocenters. The molecular formula is C22H28N4O2S. The predicted octanol–water partition coefficient (Wildman–Crippen LogP) is 3.68. The van der Waals surface area contributed by atoms with Crippen LogP contribution in [0.5, 0.6) is 0 Å². The Balaban J connectivity index is 1.63. The zero-order valence-corrected chi connectivity index (χ0v) is 18.3. The summed E-state index contributed by atoms with van der Waals surface area (Å²) in [7, 11) is 0. The number of nitrogens with one attached hydrogen (secondary N) is 1. The summed E-state index contributed by atoms with van der Waals surface area (Å²) in [4.78, 5) is 27.4. The number of aryl methyl sites for hydroxylation is 2. The molecule has 0 bridgehead atoms. The van der Waals surface area contributed by atoms with Gasteiger partial charge in [-0.25, -0.2) is 4.68 Å². The molecule has 1 N–H and O–H groups in total. The van der Waals surface area contributed by atoms with E-state index in [2.05, 4.69) is 32.2 Å². The Bertz CT molecular complexity index is 958. The zero-order valence-electron chi connectivity index (χ0n) is 17.5. The number of aromatic nitrogens is 2. The first kappa shape index (κ1) is 20.0. The average Bonchev–Trinajstić information content (AvgIpc) is 3.23. The first-order valence-electron chi connectivity index (χ1n) is 10.2. The fourth-order valence-electron chi connectivity index (χ4n) is 4.49. The first-order valence-corrected chi connectivity index (χ1v) is 11.4. The molecule has 0 saturated carbocycles. The summed E-state index contributed by atoms with van der Waals surface area (Å²) in [5.74, 6) is 2.06. The first-order chi connectivity index (χ1) is 13.8. The van der Waals surface area contributed by atoms with Crippen molar-refractivity contribution in [2.75, 3.05) is 18.4 Å². The van der Waals surface area contributed by atoms with E-state index in [4.69, 9.17) is 5.10 Å². The number of carbonyl (C=O) groups is 2. The number of hydrogen-bond acceptors (Lipinski definition) is 4. The Morgan fingerprint density at radius 1 is 1.14 bits per heavy atom. The molecule has 1 aromatic heterocycles. The Morgan fingerprint density at radius 3 is 2.55 bits per heavy atom. The van der Waals surface area contributed by atoms with Crippen LogP contribution in [0.2, 0.25) is 0 Å². The van der Waals surface area contributed by atoms with E-state index in [1.165, 1.54) is 5.56 Å². The molecule has 1 fully saturated rings. The van der Waals surface area contributed by atoms with Gasteiger partial charge in [0.15, 0.2) is 0 Å². The van der Waals surface area contributed by atoms with Gasteiger partial charge in [-0.05, 0) is 43.7 Å². The number of anilines is 1. The third kappa shape index (κ3) is 3.92. The van der Waals surface area contributed by atoms with Crippen LogP contribution in [-0.2, 0) is 21.1 Å². The highest BCUT2D eigenvalue weighted by atomic mass is 32.2. The van der Waals surface area contributed by atoms with Crippen molar-refractivity contribution in [3.63, 3.8) is 0 Å². The molecule has 2 aromatic rings. The normalized spacial score (nSPS) is 21.2. The SMILES string of the molecule is Cc1ccc(-n2nc3c(c2NC(=O)C(=O)N2C[C@H](C)C[C@@H](C)C2)CSC3)c(C)c1. The second-order valence-corrected chi connectivity index (χ2v) is 9.56. The summed E-state index contributed by atoms with van der Waals surface area (Å²) in [5.41, 5.74) is 5.20. The molecule has 6 nitrogen and oxygen atoms in total. The van der Waals surface area contributed by atoms with Crippen LogP contribution in [-0.4, -0.2) is 39.6 Å². The summed E-state index contributed by atoms with van der Waals surface area (Å²) in [6, 6.07) is 6.16. The monoisotopic (exact) mass is 412 g/mol. The number of carbonyl (C=O) groups excluding carboxylic acids is 2. The molecular weight excluding hydrogens is 384 g/mol. The van der Waals surface area contributed by atoms with Crippen molar-refractivity contribution in [3.05, 3.63) is 40.6 Å². The molecule has 1 saturated heterocycles. The lowest BCUT2D eigenvalue weighted by atomic mass is 9.92. The molecule has 3 heterocycles. The molecule has 0 spiro atoms. The zero-order chi connectivity index (χ0) is 20.7. The fraction of sp³-hybridized carbons (Fsp3) is 0.500. The maximum atomic E-state index is 12.9. The van der Waals surface area contributed by atoms with Crippen molar-refractivity contribution in [2.24, 2.45) is 11.8 Å². The van der Waals surface area contributed by atoms with E-state index in [1.54, 1.807) is 21.3 Å². The minimum atomic E-state index is -0.572. The van der Waals surface area contributed by atoms with Crippen LogP contribution in [0.25, 0.3) is 5.69 Å². The molecule has 0 aliphatic carbocycles. The van der Waals surface area contributed by atoms with E-state index < -0.39 is 11.8 Å². The number of amides is 2. The smallest absolute Gasteiger partial charge is 0.315 e. The minimum absolute atomic E-state index is 0.414. The highest BCUT2D eigenvalue weighted by Crippen LogP contribution is 2.36. The number of piperidine rings is 1. The molecule has 2 aliphatic rings. The van der Waals surface area contributed by atoms with E-state index >= 15 is 0 Å². The van der Waals surface area contributed by atoms with Gasteiger partial charge in [0.05, 0.1) is 11.4 Å². The van der Waals surface area contributed by atoms with Gasteiger partial charge in [0.1, 0.15) is 5.82 Å². The molecule has 2 amide bonds. The predicted molar refractivity (Wildman–Crippen MR) is 116 cm³/mol. The van der Waals surface area contributed by atoms with Crippen molar-refractivity contribution >= 4 is 29.4 Å². The molecule has 154 valence electrons. The molecule has 2 aliphatic heterocycles. The van der Waals surface area contributed by atoms with E-state index in [0.29, 0.717) is 30.7 Å². The Hall–Kier alpha value is -2.28. The van der Waals surface area contributed by atoms with Crippen LogP contribution in [0.15, 0.2) is 18.2 Å². The van der Waals surface area contributed by atoms with Gasteiger partial charge in [-0.15, -0.1) is 0 Å². The van der Waals surface area contributed by atoms with Crippen molar-refractivity contribution in [2.45, 2.75) is 45.6 Å². The highest BCUT2D eigenvalue weighted by Gasteiger charge is 2.32. The van der Waals surface area contributed by atoms with Gasteiger partial charge in [0, 0.05) is 30.2 Å². The van der Waals surface area contributed by atoms with Crippen LogP contribution >= 0.6 is 11.8 Å². The van der Waals surface area contributed by atoms with Crippen LogP contribution in [0.4, 0.5) is 5.82 Å². The average molecular weight is 413 g/mol. The highest BCUT2D eigenvalue weighted by molar-refractivity contribution is 7.98. The van der Waals surface area contributed by atoms with Gasteiger partial charge in [-0.3, -0.25) is 9.59 Å². The lowest BCUT2D eigenvalue weighted by Crippen LogP contribution is -2.47. The molecule has 2 atom stereocenters. The maximum absolute atomic E-state index is 12.9. The van der Waals surface area contributed by atoms with Gasteiger partial charge >= 0.3 is 11.8 Å². The topological polar surface area (TPSA) is 67.2 Å². The second kappa shape index (κ2) is 7.86. The van der Waals surface area contributed by atoms with Gasteiger partial charge in [0.25, 0.3) is 0 Å². The number of likely N-dealkylation sites (tertiary alicyclic amines) is 1. The molecule has 1 aromatic carbocycles. The van der Waals surface area contributed by atoms with Crippen molar-refractivity contribution < 1.29 is 9.59 Å². The van der Waals surface area contributed by atoms with Gasteiger partial charge in [-0.2, -0.15) is 16.9 Å². The lowest BCUT2D eigenvalue weighted by Gasteiger charge is -2.34. The summed E-state index contributed by atoms with van der Waals surface area (Å²) < 4.78 is 1.80. The molecule has 4 rings (SSSR count). The number of rotatable bonds is 2. The van der Waals surface area contributed by atoms with E-state index in [-0.39, 0.29) is 0 Å². The minimum Gasteiger partial charge on any atom is -0.334 e. The van der Waals surface area contributed by atoms with Gasteiger partial charge in [0.2, 0.25) is 0 Å². The number of thioether (sulfide) groups is 1. The van der Waals surface area contributed by atoms with Crippen LogP contribution in [0.3, 0.4) is 0 Å². The largest absolute Gasteiger partial charge is 0.334 e. The Kier molecular flexibility index (Phi) is 5.42. The summed E-state index contributed by atoms with van der Waals surface area (Å²) >= 11 is 1.78. The number of nitrogens with zero attached hydrogens (tertiary/aromatic N) is 3. The van der Waals surface area contributed by atoms with E-state index in [9.17, 15) is 9.59 Å². The summed E-state index contributed by atoms with van der Waals surface area (Å²) in [6.45, 7) is 9.64. The van der Waals surface area contributed by atoms with E-state index in [0.717, 1.165) is 40.4 Å². The molecule has 29 heavy (non-hydrogen) atoms. The molecule has 0 radical (unpaired) electrons. The van der Waals surface area contributed by atoms with Crippen LogP contribution in [0, 0.1) is 25.7 Å². The van der Waals surface area contributed by atoms with E-state index in [1.807, 2.05) is 19.1 Å². The third-order valence-electron chi connectivity index (χ3n) is 5.71. The van der Waals surface area contributed by atoms with Crippen molar-refractivity contribution in [1.82, 2.24) is 14.7 Å². The van der Waals surface area contributed by atoms with Crippen molar-refractivity contribution in [3.8, 4) is 5.69 Å². The second-order valence-electron chi connectivity index (χ2n) is 8.58. The Morgan fingerprint density at radius 2 is 1.86 bits per heavy atom. The third-order valence-corrected chi connectivity index (χ3v) is 6.68. The quantitative estimate of drug-likeness (QED) is 0.764. The summed E-state index contributed by atoms with van der Waals surface area (Å²) in [5, 5.41) is 7.67. The maximum Gasteiger partial charge on any atom is 0.315 e. The van der Waals surface area contributed by atoms with Crippen LogP contribution in [0.1, 0.15) is 42.7 Å². The van der Waals surface area contributed by atoms with Gasteiger partial charge in [-0.1, -0.05) is 31.5 Å². The standard InChI is InChI=1S/C22H28N4O2S/c1-13-5-6-19(16(4)8-13)26-20(17-11-29-12-18(17)24-26)23-21(27)22(28)25-9-14(2)7-15(3)10-25/h5-6,8,14-15H,7,9-12H2,1-4H3,(H,23,27)/t14-,15-/m1/s1. The number of hydrogen-bond donors (Lipinski definition) is 1. The Labute approximate surface area is 176 Å². The van der Waals surface area contributed by atoms with Crippen LogP contribution < -0.4 is 5.32 Å². The van der Waals surface area contributed by atoms with Gasteiger partial charge < -0.3 is 10.2 Å². The summed E-state index contributed by atoms with van der Waals surface area (Å²) in [6.07, 6.45) is 1.09. The number of fused-ring (bicyclic) bond motifs is 1.